The van der Waals surface area contributed by atoms with Gasteiger partial charge in [-0.1, -0.05) is 49.2 Å². The molecule has 1 heterocycles. The third-order valence-electron chi connectivity index (χ3n) is 5.58. The van der Waals surface area contributed by atoms with Crippen LogP contribution in [0.5, 0.6) is 23.0 Å². The van der Waals surface area contributed by atoms with Gasteiger partial charge in [0.15, 0.2) is 6.61 Å². The molecule has 3 aromatic rings. The number of nitriles is 1. The maximum absolute atomic E-state index is 12.3. The number of nitrogens with zero attached hydrogens (tertiary/aromatic N) is 1. The molecule has 0 amide bonds. The molecule has 3 aromatic carbocycles. The Morgan fingerprint density at radius 1 is 1.06 bits per heavy atom. The zero-order valence-electron chi connectivity index (χ0n) is 19.7. The van der Waals surface area contributed by atoms with E-state index in [-0.39, 0.29) is 23.8 Å². The Balaban J connectivity index is 1.56. The molecule has 0 saturated heterocycles. The maximum Gasteiger partial charge on any atom is 0.349 e. The zero-order chi connectivity index (χ0) is 25.5. The van der Waals surface area contributed by atoms with Crippen LogP contribution in [-0.4, -0.2) is 19.2 Å². The third-order valence-corrected chi connectivity index (χ3v) is 5.83. The van der Waals surface area contributed by atoms with Gasteiger partial charge < -0.3 is 24.7 Å². The fraction of sp³-hybridized carbons (Fsp3) is 0.214. The first-order valence-corrected chi connectivity index (χ1v) is 11.9. The average molecular weight is 505 g/mol. The van der Waals surface area contributed by atoms with Gasteiger partial charge in [-0.15, -0.1) is 0 Å². The van der Waals surface area contributed by atoms with Gasteiger partial charge in [-0.2, -0.15) is 5.26 Å². The zero-order valence-corrected chi connectivity index (χ0v) is 20.5. The summed E-state index contributed by atoms with van der Waals surface area (Å²) < 4.78 is 22.6. The quantitative estimate of drug-likeness (QED) is 0.226. The van der Waals surface area contributed by atoms with Gasteiger partial charge in [0.2, 0.25) is 5.88 Å². The van der Waals surface area contributed by atoms with E-state index in [0.717, 1.165) is 18.4 Å². The SMILES string of the molecule is CCCCOc1ccccc1C1C(C#N)=C(N)Oc2cc(OC(=O)COc3ccc(Cl)cc3)ccc21. The Labute approximate surface area is 214 Å². The van der Waals surface area contributed by atoms with Crippen LogP contribution in [0.4, 0.5) is 0 Å². The van der Waals surface area contributed by atoms with Crippen LogP contribution in [0.3, 0.4) is 0 Å². The van der Waals surface area contributed by atoms with Crippen molar-refractivity contribution in [3.63, 3.8) is 0 Å². The molecule has 0 radical (unpaired) electrons. The summed E-state index contributed by atoms with van der Waals surface area (Å²) in [5, 5.41) is 10.4. The normalized spacial score (nSPS) is 14.3. The molecule has 1 aliphatic rings. The second kappa shape index (κ2) is 11.5. The number of hydrogen-bond donors (Lipinski definition) is 1. The highest BCUT2D eigenvalue weighted by Gasteiger charge is 2.33. The van der Waals surface area contributed by atoms with Crippen LogP contribution < -0.4 is 24.7 Å². The second-order valence-corrected chi connectivity index (χ2v) is 8.52. The monoisotopic (exact) mass is 504 g/mol. The molecule has 1 unspecified atom stereocenters. The summed E-state index contributed by atoms with van der Waals surface area (Å²) in [4.78, 5) is 12.3. The number of esters is 1. The molecule has 2 N–H and O–H groups in total. The fourth-order valence-corrected chi connectivity index (χ4v) is 3.96. The number of carbonyl (C=O) groups is 1. The highest BCUT2D eigenvalue weighted by Crippen LogP contribution is 2.45. The number of nitrogens with two attached hydrogens (primary N) is 1. The minimum absolute atomic E-state index is 0.00657. The van der Waals surface area contributed by atoms with Gasteiger partial charge in [0.05, 0.1) is 12.5 Å². The van der Waals surface area contributed by atoms with Crippen LogP contribution in [0.2, 0.25) is 5.02 Å². The molecule has 0 fully saturated rings. The molecule has 1 atom stereocenters. The van der Waals surface area contributed by atoms with Crippen molar-refractivity contribution in [3.05, 3.63) is 94.3 Å². The summed E-state index contributed by atoms with van der Waals surface area (Å²) in [6.45, 7) is 2.37. The van der Waals surface area contributed by atoms with Gasteiger partial charge in [-0.25, -0.2) is 4.79 Å². The van der Waals surface area contributed by atoms with Crippen LogP contribution >= 0.6 is 11.6 Å². The van der Waals surface area contributed by atoms with Crippen molar-refractivity contribution in [1.82, 2.24) is 0 Å². The van der Waals surface area contributed by atoms with Gasteiger partial charge in [-0.3, -0.25) is 0 Å². The van der Waals surface area contributed by atoms with E-state index in [2.05, 4.69) is 13.0 Å². The molecule has 184 valence electrons. The number of para-hydroxylation sites is 1. The number of hydrogen-bond acceptors (Lipinski definition) is 7. The first kappa shape index (κ1) is 25.0. The molecule has 0 aromatic heterocycles. The van der Waals surface area contributed by atoms with Crippen molar-refractivity contribution in [2.75, 3.05) is 13.2 Å². The predicted molar refractivity (Wildman–Crippen MR) is 135 cm³/mol. The predicted octanol–water partition coefficient (Wildman–Crippen LogP) is 5.72. The van der Waals surface area contributed by atoms with E-state index in [0.29, 0.717) is 34.4 Å². The summed E-state index contributed by atoms with van der Waals surface area (Å²) in [6.07, 6.45) is 1.92. The third kappa shape index (κ3) is 5.73. The van der Waals surface area contributed by atoms with Crippen molar-refractivity contribution in [3.8, 4) is 29.1 Å². The molecule has 7 nitrogen and oxygen atoms in total. The molecule has 0 saturated carbocycles. The van der Waals surface area contributed by atoms with Gasteiger partial charge in [0, 0.05) is 22.2 Å². The number of benzene rings is 3. The first-order chi connectivity index (χ1) is 17.5. The Hall–Kier alpha value is -4.15. The highest BCUT2D eigenvalue weighted by molar-refractivity contribution is 6.30. The van der Waals surface area contributed by atoms with Crippen molar-refractivity contribution >= 4 is 17.6 Å². The number of allylic oxidation sites excluding steroid dienone is 1. The maximum atomic E-state index is 12.3. The largest absolute Gasteiger partial charge is 0.493 e. The van der Waals surface area contributed by atoms with Crippen LogP contribution in [-0.2, 0) is 4.79 Å². The lowest BCUT2D eigenvalue weighted by molar-refractivity contribution is -0.136. The van der Waals surface area contributed by atoms with Gasteiger partial charge in [-0.05, 0) is 42.8 Å². The van der Waals surface area contributed by atoms with E-state index in [1.165, 1.54) is 0 Å². The van der Waals surface area contributed by atoms with E-state index >= 15 is 0 Å². The summed E-state index contributed by atoms with van der Waals surface area (Å²) in [5.74, 6) is 0.742. The average Bonchev–Trinajstić information content (AvgIpc) is 2.88. The van der Waals surface area contributed by atoms with Gasteiger partial charge in [0.1, 0.15) is 34.6 Å². The molecule has 36 heavy (non-hydrogen) atoms. The molecule has 0 aliphatic carbocycles. The van der Waals surface area contributed by atoms with Crippen molar-refractivity contribution in [2.45, 2.75) is 25.7 Å². The molecule has 0 spiro atoms. The second-order valence-electron chi connectivity index (χ2n) is 8.08. The van der Waals surface area contributed by atoms with E-state index < -0.39 is 11.9 Å². The van der Waals surface area contributed by atoms with Crippen molar-refractivity contribution < 1.29 is 23.7 Å². The lowest BCUT2D eigenvalue weighted by Crippen LogP contribution is -2.22. The van der Waals surface area contributed by atoms with Crippen LogP contribution in [0.25, 0.3) is 0 Å². The van der Waals surface area contributed by atoms with Crippen molar-refractivity contribution in [1.29, 1.82) is 5.26 Å². The summed E-state index contributed by atoms with van der Waals surface area (Å²) in [7, 11) is 0. The van der Waals surface area contributed by atoms with Crippen LogP contribution in [0.15, 0.2) is 78.2 Å². The summed E-state index contributed by atoms with van der Waals surface area (Å²) in [5.41, 5.74) is 7.94. The fourth-order valence-electron chi connectivity index (χ4n) is 3.83. The van der Waals surface area contributed by atoms with E-state index in [9.17, 15) is 10.1 Å². The lowest BCUT2D eigenvalue weighted by atomic mass is 9.83. The lowest BCUT2D eigenvalue weighted by Gasteiger charge is -2.28. The van der Waals surface area contributed by atoms with E-state index in [1.807, 2.05) is 24.3 Å². The number of fused-ring (bicyclic) bond motifs is 1. The van der Waals surface area contributed by atoms with Crippen LogP contribution in [0.1, 0.15) is 36.8 Å². The topological polar surface area (TPSA) is 104 Å². The van der Waals surface area contributed by atoms with Gasteiger partial charge in [0.25, 0.3) is 0 Å². The molecule has 4 rings (SSSR count). The highest BCUT2D eigenvalue weighted by atomic mass is 35.5. The molecule has 0 bridgehead atoms. The van der Waals surface area contributed by atoms with Crippen molar-refractivity contribution in [2.24, 2.45) is 5.73 Å². The Kier molecular flexibility index (Phi) is 7.99. The Bertz CT molecular complexity index is 1310. The Morgan fingerprint density at radius 3 is 2.56 bits per heavy atom. The standard InChI is InChI=1S/C28H25ClN2O5/c1-2-3-14-33-24-7-5-4-6-21(24)27-22-13-12-20(15-25(22)36-28(31)23(27)16-30)35-26(32)17-34-19-10-8-18(29)9-11-19/h4-13,15,27H,2-3,14,17,31H2,1H3. The molecular formula is C28H25ClN2O5. The summed E-state index contributed by atoms with van der Waals surface area (Å²) >= 11 is 5.86. The smallest absolute Gasteiger partial charge is 0.349 e. The number of rotatable bonds is 9. The van der Waals surface area contributed by atoms with E-state index in [1.54, 1.807) is 42.5 Å². The minimum atomic E-state index is -0.590. The number of carbonyl (C=O) groups excluding carboxylic acids is 1. The number of unbranched alkanes of at least 4 members (excludes halogenated alkanes) is 1. The number of halogens is 1. The minimum Gasteiger partial charge on any atom is -0.493 e. The van der Waals surface area contributed by atoms with E-state index in [4.69, 9.17) is 36.3 Å². The number of ether oxygens (including phenoxy) is 4. The summed E-state index contributed by atoms with van der Waals surface area (Å²) in [6, 6.07) is 21.4. The molecule has 8 heteroatoms. The van der Waals surface area contributed by atoms with Crippen LogP contribution in [0, 0.1) is 11.3 Å². The van der Waals surface area contributed by atoms with Gasteiger partial charge >= 0.3 is 5.97 Å². The first-order valence-electron chi connectivity index (χ1n) is 11.5. The Morgan fingerprint density at radius 2 is 1.81 bits per heavy atom. The molecule has 1 aliphatic heterocycles. The molecular weight excluding hydrogens is 480 g/mol.